The van der Waals surface area contributed by atoms with Crippen LogP contribution < -0.4 is 16.0 Å². The van der Waals surface area contributed by atoms with Gasteiger partial charge in [0.2, 0.25) is 0 Å². The van der Waals surface area contributed by atoms with Crippen LogP contribution in [-0.2, 0) is 13.6 Å². The quantitative estimate of drug-likeness (QED) is 0.555. The number of nitrogens with zero attached hydrogens (tertiary/aromatic N) is 3. The molecule has 0 aliphatic carbocycles. The summed E-state index contributed by atoms with van der Waals surface area (Å²) in [6.45, 7) is 4.33. The molecule has 8 nitrogen and oxygen atoms in total. The largest absolute Gasteiger partial charge is 0.491 e. The number of thioether (sulfide) groups is 1. The number of aliphatic hydroxyl groups excluding tert-OH is 1. The number of aryl methyl sites for hydroxylation is 1. The van der Waals surface area contributed by atoms with E-state index in [1.807, 2.05) is 30.3 Å². The van der Waals surface area contributed by atoms with Gasteiger partial charge in [-0.15, -0.1) is 0 Å². The molecular weight excluding hydrogens is 380 g/mol. The first kappa shape index (κ1) is 20.2. The number of ether oxygens (including phenoxy) is 1. The van der Waals surface area contributed by atoms with E-state index in [9.17, 15) is 14.7 Å². The minimum Gasteiger partial charge on any atom is -0.491 e. The summed E-state index contributed by atoms with van der Waals surface area (Å²) in [4.78, 5) is 31.2. The molecule has 2 atom stereocenters. The summed E-state index contributed by atoms with van der Waals surface area (Å²) in [5.74, 6) is 0.659. The van der Waals surface area contributed by atoms with Crippen molar-refractivity contribution in [3.8, 4) is 5.75 Å². The molecule has 0 bridgehead atoms. The molecule has 2 N–H and O–H groups in total. The van der Waals surface area contributed by atoms with Gasteiger partial charge in [-0.05, 0) is 18.6 Å². The Hall–Kier alpha value is -2.52. The lowest BCUT2D eigenvalue weighted by molar-refractivity contribution is 0.0913. The van der Waals surface area contributed by atoms with E-state index in [1.54, 1.807) is 11.6 Å². The van der Waals surface area contributed by atoms with Crippen molar-refractivity contribution in [2.45, 2.75) is 43.3 Å². The zero-order chi connectivity index (χ0) is 20.3. The fourth-order valence-corrected chi connectivity index (χ4v) is 3.67. The predicted octanol–water partition coefficient (Wildman–Crippen LogP) is 1.75. The summed E-state index contributed by atoms with van der Waals surface area (Å²) in [6.07, 6.45) is 0.0635. The highest BCUT2D eigenvalue weighted by Gasteiger charge is 2.21. The van der Waals surface area contributed by atoms with Gasteiger partial charge in [0, 0.05) is 12.3 Å². The number of benzene rings is 1. The number of imidazole rings is 1. The van der Waals surface area contributed by atoms with E-state index in [2.05, 4.69) is 23.8 Å². The lowest BCUT2D eigenvalue weighted by Gasteiger charge is -2.16. The summed E-state index contributed by atoms with van der Waals surface area (Å²) >= 11 is 1.51. The predicted molar refractivity (Wildman–Crippen MR) is 109 cm³/mol. The van der Waals surface area contributed by atoms with Gasteiger partial charge < -0.3 is 14.4 Å². The third-order valence-corrected chi connectivity index (χ3v) is 5.69. The number of aromatic nitrogens is 4. The number of fused-ring (bicyclic) bond motifs is 1. The number of aliphatic hydroxyl groups is 1. The Morgan fingerprint density at radius 1 is 1.29 bits per heavy atom. The maximum Gasteiger partial charge on any atom is 0.329 e. The molecule has 9 heteroatoms. The minimum atomic E-state index is -0.856. The topological polar surface area (TPSA) is 102 Å². The number of aromatic amines is 1. The van der Waals surface area contributed by atoms with Crippen LogP contribution in [0.5, 0.6) is 5.75 Å². The molecule has 3 rings (SSSR count). The Kier molecular flexibility index (Phi) is 6.25. The highest BCUT2D eigenvalue weighted by molar-refractivity contribution is 7.99. The summed E-state index contributed by atoms with van der Waals surface area (Å²) in [5, 5.41) is 11.4. The lowest BCUT2D eigenvalue weighted by Crippen LogP contribution is -2.30. The Labute approximate surface area is 166 Å². The van der Waals surface area contributed by atoms with E-state index >= 15 is 0 Å². The zero-order valence-electron chi connectivity index (χ0n) is 16.1. The second-order valence-corrected chi connectivity index (χ2v) is 8.02. The fraction of sp³-hybridized carbons (Fsp3) is 0.421. The smallest absolute Gasteiger partial charge is 0.329 e. The molecule has 2 heterocycles. The van der Waals surface area contributed by atoms with Crippen molar-refractivity contribution < 1.29 is 9.84 Å². The second kappa shape index (κ2) is 8.66. The van der Waals surface area contributed by atoms with Crippen LogP contribution in [0.2, 0.25) is 0 Å². The SMILES string of the molecule is CC[C@@H](C)Sc1nc2c(c(=O)[nH]c(=O)n2C)n1C[C@@H](O)COc1ccccc1. The van der Waals surface area contributed by atoms with Crippen LogP contribution in [0, 0.1) is 0 Å². The molecule has 0 aliphatic rings. The second-order valence-electron chi connectivity index (χ2n) is 6.61. The molecule has 0 amide bonds. The van der Waals surface area contributed by atoms with Crippen LogP contribution >= 0.6 is 11.8 Å². The first-order valence-corrected chi connectivity index (χ1v) is 10.0. The van der Waals surface area contributed by atoms with Crippen molar-refractivity contribution in [3.63, 3.8) is 0 Å². The summed E-state index contributed by atoms with van der Waals surface area (Å²) in [5.41, 5.74) is -0.463. The van der Waals surface area contributed by atoms with E-state index < -0.39 is 17.4 Å². The molecule has 2 aromatic heterocycles. The molecular formula is C19H24N4O4S. The first-order chi connectivity index (χ1) is 13.4. The van der Waals surface area contributed by atoms with Crippen LogP contribution in [0.1, 0.15) is 20.3 Å². The average Bonchev–Trinajstić information content (AvgIpc) is 3.03. The lowest BCUT2D eigenvalue weighted by atomic mass is 10.3. The number of rotatable bonds is 8. The van der Waals surface area contributed by atoms with Crippen LogP contribution in [0.4, 0.5) is 0 Å². The van der Waals surface area contributed by atoms with E-state index in [4.69, 9.17) is 4.74 Å². The molecule has 0 unspecified atom stereocenters. The van der Waals surface area contributed by atoms with Gasteiger partial charge in [0.05, 0.1) is 6.54 Å². The number of H-pyrrole nitrogens is 1. The number of nitrogens with one attached hydrogen (secondary N) is 1. The van der Waals surface area contributed by atoms with Gasteiger partial charge in [-0.1, -0.05) is 43.8 Å². The Morgan fingerprint density at radius 3 is 2.68 bits per heavy atom. The molecule has 0 fully saturated rings. The normalized spacial score (nSPS) is 13.6. The van der Waals surface area contributed by atoms with E-state index in [-0.39, 0.29) is 23.9 Å². The van der Waals surface area contributed by atoms with Crippen molar-refractivity contribution in [3.05, 3.63) is 51.2 Å². The standard InChI is InChI=1S/C19H24N4O4S/c1-4-12(2)28-19-20-16-15(17(25)21-18(26)22(16)3)23(19)10-13(24)11-27-14-8-6-5-7-9-14/h5-9,12-13,24H,4,10-11H2,1-3H3,(H,21,25,26)/t12-,13-/m1/s1. The van der Waals surface area contributed by atoms with Gasteiger partial charge in [0.15, 0.2) is 16.3 Å². The monoisotopic (exact) mass is 404 g/mol. The van der Waals surface area contributed by atoms with Gasteiger partial charge in [-0.3, -0.25) is 14.3 Å². The number of hydrogen-bond donors (Lipinski definition) is 2. The van der Waals surface area contributed by atoms with E-state index in [1.165, 1.54) is 16.3 Å². The molecule has 28 heavy (non-hydrogen) atoms. The molecule has 0 aliphatic heterocycles. The van der Waals surface area contributed by atoms with Gasteiger partial charge in [0.1, 0.15) is 18.5 Å². The first-order valence-electron chi connectivity index (χ1n) is 9.12. The molecule has 3 aromatic rings. The molecule has 0 saturated carbocycles. The third kappa shape index (κ3) is 4.31. The third-order valence-electron chi connectivity index (χ3n) is 4.43. The van der Waals surface area contributed by atoms with E-state index in [0.29, 0.717) is 16.6 Å². The summed E-state index contributed by atoms with van der Waals surface area (Å²) < 4.78 is 8.59. The molecule has 0 spiro atoms. The minimum absolute atomic E-state index is 0.0702. The Morgan fingerprint density at radius 2 is 2.00 bits per heavy atom. The number of hydrogen-bond acceptors (Lipinski definition) is 6. The summed E-state index contributed by atoms with van der Waals surface area (Å²) in [6, 6.07) is 9.21. The van der Waals surface area contributed by atoms with Crippen molar-refractivity contribution >= 4 is 22.9 Å². The summed E-state index contributed by atoms with van der Waals surface area (Å²) in [7, 11) is 1.56. The van der Waals surface area contributed by atoms with Crippen molar-refractivity contribution in [1.29, 1.82) is 0 Å². The maximum absolute atomic E-state index is 12.5. The molecule has 1 aromatic carbocycles. The van der Waals surface area contributed by atoms with Gasteiger partial charge >= 0.3 is 5.69 Å². The average molecular weight is 404 g/mol. The van der Waals surface area contributed by atoms with Crippen molar-refractivity contribution in [2.24, 2.45) is 7.05 Å². The van der Waals surface area contributed by atoms with E-state index in [0.717, 1.165) is 6.42 Å². The van der Waals surface area contributed by atoms with Gasteiger partial charge in [-0.25, -0.2) is 9.78 Å². The molecule has 150 valence electrons. The maximum atomic E-state index is 12.5. The van der Waals surface area contributed by atoms with Crippen molar-refractivity contribution in [1.82, 2.24) is 19.1 Å². The Balaban J connectivity index is 1.93. The van der Waals surface area contributed by atoms with Gasteiger partial charge in [0.25, 0.3) is 5.56 Å². The highest BCUT2D eigenvalue weighted by atomic mass is 32.2. The fourth-order valence-electron chi connectivity index (χ4n) is 2.71. The van der Waals surface area contributed by atoms with Gasteiger partial charge in [-0.2, -0.15) is 0 Å². The zero-order valence-corrected chi connectivity index (χ0v) is 16.9. The molecule has 0 radical (unpaired) electrons. The van der Waals surface area contributed by atoms with Crippen LogP contribution in [0.25, 0.3) is 11.2 Å². The van der Waals surface area contributed by atoms with Crippen LogP contribution in [0.3, 0.4) is 0 Å². The molecule has 0 saturated heterocycles. The van der Waals surface area contributed by atoms with Crippen LogP contribution in [-0.4, -0.2) is 42.2 Å². The Bertz CT molecular complexity index is 1060. The highest BCUT2D eigenvalue weighted by Crippen LogP contribution is 2.27. The number of para-hydroxylation sites is 1. The van der Waals surface area contributed by atoms with Crippen LogP contribution in [0.15, 0.2) is 45.1 Å². The van der Waals surface area contributed by atoms with Crippen molar-refractivity contribution in [2.75, 3.05) is 6.61 Å².